The topological polar surface area (TPSA) is 43.3 Å². The molecule has 31 heavy (non-hydrogen) atoms. The van der Waals surface area contributed by atoms with Gasteiger partial charge >= 0.3 is 0 Å². The van der Waals surface area contributed by atoms with Crippen molar-refractivity contribution in [2.75, 3.05) is 13.7 Å². The lowest BCUT2D eigenvalue weighted by molar-refractivity contribution is -0.0190. The number of fused-ring (bicyclic) bond motifs is 3. The third kappa shape index (κ3) is 3.65. The molecule has 0 N–H and O–H groups in total. The highest BCUT2D eigenvalue weighted by Gasteiger charge is 2.41. The summed E-state index contributed by atoms with van der Waals surface area (Å²) >= 11 is 3.60. The quantitative estimate of drug-likeness (QED) is 0.444. The molecule has 5 nitrogen and oxygen atoms in total. The van der Waals surface area contributed by atoms with E-state index < -0.39 is 0 Å². The molecule has 5 rings (SSSR count). The minimum Gasteiger partial charge on any atom is -0.496 e. The van der Waals surface area contributed by atoms with E-state index in [-0.39, 0.29) is 12.3 Å². The summed E-state index contributed by atoms with van der Waals surface area (Å²) < 4.78 is 18.3. The molecular formula is C25H23BrN2O3. The average Bonchev–Trinajstić information content (AvgIpc) is 3.25. The molecule has 3 aromatic rings. The summed E-state index contributed by atoms with van der Waals surface area (Å²) in [7, 11) is 1.66. The van der Waals surface area contributed by atoms with Crippen LogP contribution in [0.15, 0.2) is 76.3 Å². The van der Waals surface area contributed by atoms with E-state index in [9.17, 15) is 0 Å². The summed E-state index contributed by atoms with van der Waals surface area (Å²) in [5.74, 6) is 2.57. The summed E-state index contributed by atoms with van der Waals surface area (Å²) in [6.45, 7) is 2.64. The third-order valence-electron chi connectivity index (χ3n) is 5.66. The van der Waals surface area contributed by atoms with E-state index in [0.717, 1.165) is 50.5 Å². The van der Waals surface area contributed by atoms with Crippen LogP contribution in [0.4, 0.5) is 0 Å². The molecule has 2 aliphatic rings. The zero-order valence-corrected chi connectivity index (χ0v) is 19.0. The maximum Gasteiger partial charge on any atom is 0.213 e. The van der Waals surface area contributed by atoms with Crippen LogP contribution in [0.25, 0.3) is 0 Å². The van der Waals surface area contributed by atoms with Crippen molar-refractivity contribution in [3.8, 4) is 17.2 Å². The molecule has 0 fully saturated rings. The predicted octanol–water partition coefficient (Wildman–Crippen LogP) is 6.10. The minimum absolute atomic E-state index is 0.123. The highest BCUT2D eigenvalue weighted by Crippen LogP contribution is 2.48. The van der Waals surface area contributed by atoms with Gasteiger partial charge in [0.2, 0.25) is 6.23 Å². The van der Waals surface area contributed by atoms with Gasteiger partial charge in [0.1, 0.15) is 17.2 Å². The Balaban J connectivity index is 1.53. The molecule has 0 saturated carbocycles. The van der Waals surface area contributed by atoms with E-state index in [2.05, 4.69) is 45.2 Å². The van der Waals surface area contributed by atoms with Crippen LogP contribution in [0, 0.1) is 0 Å². The Morgan fingerprint density at radius 2 is 1.90 bits per heavy atom. The number of para-hydroxylation sites is 1. The smallest absolute Gasteiger partial charge is 0.213 e. The molecule has 0 spiro atoms. The van der Waals surface area contributed by atoms with Crippen LogP contribution in [0.1, 0.15) is 42.3 Å². The van der Waals surface area contributed by atoms with E-state index in [1.165, 1.54) is 0 Å². The first kappa shape index (κ1) is 19.9. The summed E-state index contributed by atoms with van der Waals surface area (Å²) in [5.41, 5.74) is 4.33. The van der Waals surface area contributed by atoms with Gasteiger partial charge in [0, 0.05) is 17.5 Å². The van der Waals surface area contributed by atoms with E-state index >= 15 is 0 Å². The van der Waals surface area contributed by atoms with Crippen LogP contribution in [0.5, 0.6) is 17.2 Å². The number of rotatable bonds is 5. The van der Waals surface area contributed by atoms with Gasteiger partial charge in [-0.1, -0.05) is 18.2 Å². The highest BCUT2D eigenvalue weighted by molar-refractivity contribution is 9.10. The Kier molecular flexibility index (Phi) is 5.32. The molecule has 0 aromatic heterocycles. The van der Waals surface area contributed by atoms with Crippen molar-refractivity contribution in [1.82, 2.24) is 5.01 Å². The van der Waals surface area contributed by atoms with Gasteiger partial charge in [-0.3, -0.25) is 0 Å². The fourth-order valence-electron chi connectivity index (χ4n) is 4.18. The Labute approximate surface area is 190 Å². The number of halogens is 1. The van der Waals surface area contributed by atoms with Crippen LogP contribution in [-0.4, -0.2) is 24.4 Å². The van der Waals surface area contributed by atoms with Gasteiger partial charge < -0.3 is 14.2 Å². The molecule has 158 valence electrons. The fraction of sp³-hybridized carbons (Fsp3) is 0.240. The molecule has 0 radical (unpaired) electrons. The van der Waals surface area contributed by atoms with Crippen LogP contribution in [-0.2, 0) is 0 Å². The number of benzene rings is 3. The molecule has 2 aliphatic heterocycles. The molecule has 0 amide bonds. The number of hydrogen-bond donors (Lipinski definition) is 0. The standard InChI is InChI=1S/C25H23BrN2O3/c1-3-30-18-11-8-16(9-12-18)21-15-22-19-6-4-5-7-23(19)31-25(28(22)27-21)17-10-13-24(29-2)20(26)14-17/h4-14,22,25H,3,15H2,1-2H3/t22-,25+/m1/s1. The molecule has 2 heterocycles. The lowest BCUT2D eigenvalue weighted by Gasteiger charge is -2.38. The van der Waals surface area contributed by atoms with Gasteiger partial charge in [-0.2, -0.15) is 5.10 Å². The van der Waals surface area contributed by atoms with Crippen LogP contribution < -0.4 is 14.2 Å². The maximum atomic E-state index is 6.43. The van der Waals surface area contributed by atoms with Gasteiger partial charge in [-0.25, -0.2) is 5.01 Å². The molecule has 0 bridgehead atoms. The predicted molar refractivity (Wildman–Crippen MR) is 124 cm³/mol. The van der Waals surface area contributed by atoms with Crippen molar-refractivity contribution in [3.63, 3.8) is 0 Å². The first-order valence-corrected chi connectivity index (χ1v) is 11.1. The number of ether oxygens (including phenoxy) is 3. The van der Waals surface area contributed by atoms with E-state index in [0.29, 0.717) is 6.61 Å². The van der Waals surface area contributed by atoms with Crippen molar-refractivity contribution in [2.24, 2.45) is 5.10 Å². The Morgan fingerprint density at radius 1 is 1.10 bits per heavy atom. The van der Waals surface area contributed by atoms with Crippen LogP contribution in [0.2, 0.25) is 0 Å². The molecular weight excluding hydrogens is 456 g/mol. The van der Waals surface area contributed by atoms with Crippen LogP contribution in [0.3, 0.4) is 0 Å². The monoisotopic (exact) mass is 478 g/mol. The molecule has 0 saturated heterocycles. The molecule has 2 atom stereocenters. The number of hydrogen-bond acceptors (Lipinski definition) is 5. The number of methoxy groups -OCH3 is 1. The first-order chi connectivity index (χ1) is 15.2. The normalized spacial score (nSPS) is 19.2. The van der Waals surface area contributed by atoms with Crippen LogP contribution >= 0.6 is 15.9 Å². The van der Waals surface area contributed by atoms with E-state index in [4.69, 9.17) is 19.3 Å². The van der Waals surface area contributed by atoms with Gasteiger partial charge in [0.05, 0.1) is 29.9 Å². The third-order valence-corrected chi connectivity index (χ3v) is 6.28. The van der Waals surface area contributed by atoms with Gasteiger partial charge in [0.25, 0.3) is 0 Å². The summed E-state index contributed by atoms with van der Waals surface area (Å²) in [4.78, 5) is 0. The molecule has 3 aromatic carbocycles. The lowest BCUT2D eigenvalue weighted by Crippen LogP contribution is -2.33. The second kappa shape index (κ2) is 8.27. The first-order valence-electron chi connectivity index (χ1n) is 10.4. The van der Waals surface area contributed by atoms with Gasteiger partial charge in [0.15, 0.2) is 0 Å². The van der Waals surface area contributed by atoms with Gasteiger partial charge in [-0.05, 0) is 76.9 Å². The van der Waals surface area contributed by atoms with Crippen molar-refractivity contribution >= 4 is 21.6 Å². The zero-order chi connectivity index (χ0) is 21.4. The van der Waals surface area contributed by atoms with Crippen molar-refractivity contribution in [3.05, 3.63) is 87.9 Å². The molecule has 6 heteroatoms. The minimum atomic E-state index is -0.317. The largest absolute Gasteiger partial charge is 0.496 e. The van der Waals surface area contributed by atoms with E-state index in [1.54, 1.807) is 7.11 Å². The molecule has 0 aliphatic carbocycles. The van der Waals surface area contributed by atoms with Crippen molar-refractivity contribution in [2.45, 2.75) is 25.6 Å². The van der Waals surface area contributed by atoms with Gasteiger partial charge in [-0.15, -0.1) is 0 Å². The Hall–Kier alpha value is -2.99. The Bertz CT molecular complexity index is 1130. The number of nitrogens with zero attached hydrogens (tertiary/aromatic N) is 2. The number of hydrazone groups is 1. The summed E-state index contributed by atoms with van der Waals surface area (Å²) in [5, 5.41) is 7.11. The lowest BCUT2D eigenvalue weighted by atomic mass is 9.96. The van der Waals surface area contributed by atoms with E-state index in [1.807, 2.05) is 49.4 Å². The molecule has 0 unspecified atom stereocenters. The summed E-state index contributed by atoms with van der Waals surface area (Å²) in [6.07, 6.45) is 0.504. The fourth-order valence-corrected chi connectivity index (χ4v) is 4.73. The summed E-state index contributed by atoms with van der Waals surface area (Å²) in [6, 6.07) is 22.5. The van der Waals surface area contributed by atoms with Crippen molar-refractivity contribution in [1.29, 1.82) is 0 Å². The Morgan fingerprint density at radius 3 is 2.65 bits per heavy atom. The maximum absolute atomic E-state index is 6.43. The highest BCUT2D eigenvalue weighted by atomic mass is 79.9. The second-order valence-electron chi connectivity index (χ2n) is 7.51. The van der Waals surface area contributed by atoms with Crippen molar-refractivity contribution < 1.29 is 14.2 Å². The zero-order valence-electron chi connectivity index (χ0n) is 17.4. The average molecular weight is 479 g/mol. The second-order valence-corrected chi connectivity index (χ2v) is 8.36. The SMILES string of the molecule is CCOc1ccc(C2=NN3[C@H](C2)c2ccccc2O[C@H]3c2ccc(OC)c(Br)c2)cc1.